The van der Waals surface area contributed by atoms with Crippen LogP contribution in [0, 0.1) is 11.8 Å². The zero-order chi connectivity index (χ0) is 26.2. The van der Waals surface area contributed by atoms with E-state index in [-0.39, 0.29) is 10.8 Å². The van der Waals surface area contributed by atoms with Gasteiger partial charge in [-0.05, 0) is 0 Å². The molecule has 0 bridgehead atoms. The Morgan fingerprint density at radius 3 is 1.56 bits per heavy atom. The van der Waals surface area contributed by atoms with E-state index in [2.05, 4.69) is 81.4 Å². The van der Waals surface area contributed by atoms with E-state index in [0.29, 0.717) is 29.9 Å². The van der Waals surface area contributed by atoms with E-state index in [0.717, 1.165) is 44.1 Å². The molecule has 0 aliphatic heterocycles. The van der Waals surface area contributed by atoms with Gasteiger partial charge in [-0.25, -0.2) is 0 Å². The normalized spacial score (nSPS) is 14.5. The monoisotopic (exact) mass is 496 g/mol. The zero-order valence-electron chi connectivity index (χ0n) is 24.2. The van der Waals surface area contributed by atoms with E-state index in [1.165, 1.54) is 18.4 Å². The predicted molar refractivity (Wildman–Crippen MR) is 152 cm³/mol. The number of benzene rings is 1. The van der Waals surface area contributed by atoms with Gasteiger partial charge in [0.05, 0.1) is 0 Å². The van der Waals surface area contributed by atoms with Gasteiger partial charge >= 0.3 is 212 Å². The Balaban J connectivity index is 3.15. The van der Waals surface area contributed by atoms with Crippen LogP contribution in [0.5, 0.6) is 5.75 Å². The molecular formula is C30H57O3P. The third kappa shape index (κ3) is 11.4. The van der Waals surface area contributed by atoms with Crippen molar-refractivity contribution >= 4 is 7.28 Å². The van der Waals surface area contributed by atoms with Crippen LogP contribution in [0.3, 0.4) is 0 Å². The van der Waals surface area contributed by atoms with Crippen molar-refractivity contribution in [1.29, 1.82) is 0 Å². The maximum atomic E-state index is 11.8. The van der Waals surface area contributed by atoms with E-state index < -0.39 is 7.28 Å². The molecule has 2 N–H and O–H groups in total. The summed E-state index contributed by atoms with van der Waals surface area (Å²) in [5, 5.41) is 0. The summed E-state index contributed by atoms with van der Waals surface area (Å²) in [6.07, 6.45) is 8.99. The van der Waals surface area contributed by atoms with Gasteiger partial charge < -0.3 is 0 Å². The van der Waals surface area contributed by atoms with Gasteiger partial charge in [-0.1, -0.05) is 0 Å². The number of unbranched alkanes of at least 4 members (excludes halogenated alkanes) is 4. The molecule has 0 radical (unpaired) electrons. The van der Waals surface area contributed by atoms with E-state index >= 15 is 0 Å². The number of rotatable bonds is 14. The molecule has 200 valence electrons. The summed E-state index contributed by atoms with van der Waals surface area (Å²) in [5.41, 5.74) is 2.16. The molecule has 0 fully saturated rings. The van der Waals surface area contributed by atoms with E-state index in [4.69, 9.17) is 4.52 Å². The van der Waals surface area contributed by atoms with Crippen LogP contribution in [0.4, 0.5) is 0 Å². The topological polar surface area (TPSA) is 49.7 Å². The van der Waals surface area contributed by atoms with Gasteiger partial charge in [0.25, 0.3) is 0 Å². The molecule has 0 aliphatic rings. The molecular weight excluding hydrogens is 439 g/mol. The summed E-state index contributed by atoms with van der Waals surface area (Å²) < 4.78 is 6.41. The van der Waals surface area contributed by atoms with Gasteiger partial charge in [0.15, 0.2) is 0 Å². The third-order valence-electron chi connectivity index (χ3n) is 6.74. The fourth-order valence-electron chi connectivity index (χ4n) is 4.41. The molecule has 3 nitrogen and oxygen atoms in total. The van der Waals surface area contributed by atoms with Crippen LogP contribution in [-0.4, -0.2) is 22.1 Å². The van der Waals surface area contributed by atoms with Crippen molar-refractivity contribution in [3.63, 3.8) is 0 Å². The fraction of sp³-hybridized carbons (Fsp3) is 0.800. The zero-order valence-corrected chi connectivity index (χ0v) is 25.1. The standard InChI is InChI=1S/C30H57O3P/c1-24(2)17-13-11-15-21-34(31,32,22-16-12-14-18-25(3)4)33-28-20-19-26(29(5,6)7)23-27(28)30(8,9)10/h19-20,23-25,31-32H,11-18,21-22H2,1-10H3. The number of hydrogen-bond donors (Lipinski definition) is 2. The van der Waals surface area contributed by atoms with Crippen LogP contribution < -0.4 is 4.52 Å². The summed E-state index contributed by atoms with van der Waals surface area (Å²) in [6, 6.07) is 6.27. The van der Waals surface area contributed by atoms with Crippen LogP contribution in [0.2, 0.25) is 0 Å². The first-order chi connectivity index (χ1) is 15.4. The second kappa shape index (κ2) is 12.6. The van der Waals surface area contributed by atoms with Crippen LogP contribution >= 0.6 is 7.28 Å². The van der Waals surface area contributed by atoms with Crippen LogP contribution in [0.25, 0.3) is 0 Å². The van der Waals surface area contributed by atoms with Gasteiger partial charge in [0.2, 0.25) is 0 Å². The van der Waals surface area contributed by atoms with Crippen molar-refractivity contribution in [2.45, 2.75) is 131 Å². The Hall–Kier alpha value is -0.630. The summed E-state index contributed by atoms with van der Waals surface area (Å²) in [7, 11) is -4.31. The molecule has 1 aromatic rings. The van der Waals surface area contributed by atoms with Gasteiger partial charge in [-0.3, -0.25) is 0 Å². The van der Waals surface area contributed by atoms with E-state index in [1.807, 2.05) is 6.07 Å². The first-order valence-corrected chi connectivity index (χ1v) is 16.2. The fourth-order valence-corrected chi connectivity index (χ4v) is 7.15. The molecule has 0 saturated carbocycles. The van der Waals surface area contributed by atoms with Gasteiger partial charge in [-0.15, -0.1) is 0 Å². The first-order valence-electron chi connectivity index (χ1n) is 13.8. The molecule has 0 amide bonds. The van der Waals surface area contributed by atoms with Gasteiger partial charge in [-0.2, -0.15) is 0 Å². The molecule has 1 rings (SSSR count). The van der Waals surface area contributed by atoms with Gasteiger partial charge in [0.1, 0.15) is 0 Å². The summed E-state index contributed by atoms with van der Waals surface area (Å²) in [5.74, 6) is 2.02. The molecule has 0 unspecified atom stereocenters. The molecule has 1 aromatic carbocycles. The summed E-state index contributed by atoms with van der Waals surface area (Å²) in [4.78, 5) is 23.7. The van der Waals surface area contributed by atoms with E-state index in [9.17, 15) is 9.79 Å². The van der Waals surface area contributed by atoms with Crippen molar-refractivity contribution in [2.75, 3.05) is 12.3 Å². The summed E-state index contributed by atoms with van der Waals surface area (Å²) >= 11 is 0. The quantitative estimate of drug-likeness (QED) is 0.199. The van der Waals surface area contributed by atoms with Crippen LogP contribution in [0.15, 0.2) is 18.2 Å². The van der Waals surface area contributed by atoms with Crippen molar-refractivity contribution in [3.8, 4) is 5.75 Å². The first kappa shape index (κ1) is 31.4. The molecule has 0 saturated heterocycles. The van der Waals surface area contributed by atoms with Crippen molar-refractivity contribution in [3.05, 3.63) is 29.3 Å². The molecule has 34 heavy (non-hydrogen) atoms. The summed E-state index contributed by atoms with van der Waals surface area (Å²) in [6.45, 7) is 22.1. The molecule has 0 spiro atoms. The molecule has 0 aromatic heterocycles. The number of hydrogen-bond acceptors (Lipinski definition) is 3. The third-order valence-corrected chi connectivity index (χ3v) is 9.79. The average molecular weight is 497 g/mol. The Kier molecular flexibility index (Phi) is 11.6. The van der Waals surface area contributed by atoms with Crippen molar-refractivity contribution < 1.29 is 14.3 Å². The van der Waals surface area contributed by atoms with E-state index in [1.54, 1.807) is 0 Å². The van der Waals surface area contributed by atoms with Crippen LogP contribution in [-0.2, 0) is 10.8 Å². The molecule has 4 heteroatoms. The second-order valence-electron chi connectivity index (χ2n) is 13.5. The van der Waals surface area contributed by atoms with Crippen molar-refractivity contribution in [2.24, 2.45) is 11.8 Å². The Morgan fingerprint density at radius 1 is 0.706 bits per heavy atom. The van der Waals surface area contributed by atoms with Crippen LogP contribution in [0.1, 0.15) is 132 Å². The minimum atomic E-state index is -4.31. The van der Waals surface area contributed by atoms with Gasteiger partial charge in [0, 0.05) is 0 Å². The minimum absolute atomic E-state index is 0.0231. The predicted octanol–water partition coefficient (Wildman–Crippen LogP) is 9.38. The molecule has 0 aliphatic carbocycles. The molecule has 0 heterocycles. The van der Waals surface area contributed by atoms with Crippen molar-refractivity contribution in [1.82, 2.24) is 0 Å². The Labute approximate surface area is 212 Å². The molecule has 0 atom stereocenters. The average Bonchev–Trinajstić information content (AvgIpc) is 2.65. The SMILES string of the molecule is CC(C)CCCCCP(O)(O)(CCCCCC(C)C)Oc1ccc(C(C)(C)C)cc1C(C)(C)C. The Morgan fingerprint density at radius 2 is 1.18 bits per heavy atom. The second-order valence-corrected chi connectivity index (χ2v) is 17.2. The maximum absolute atomic E-state index is 11.8. The Bertz CT molecular complexity index is 716.